The van der Waals surface area contributed by atoms with Gasteiger partial charge in [0, 0.05) is 17.8 Å². The molecule has 2 aromatic heterocycles. The van der Waals surface area contributed by atoms with Crippen molar-refractivity contribution in [3.05, 3.63) is 52.9 Å². The topological polar surface area (TPSA) is 83.8 Å². The number of carbonyl (C=O) groups is 1. The van der Waals surface area contributed by atoms with Crippen LogP contribution in [-0.2, 0) is 0 Å². The van der Waals surface area contributed by atoms with Gasteiger partial charge in [-0.15, -0.1) is 0 Å². The second-order valence-corrected chi connectivity index (χ2v) is 5.16. The normalized spacial score (nSPS) is 10.7. The van der Waals surface area contributed by atoms with E-state index in [9.17, 15) is 4.79 Å². The number of rotatable bonds is 2. The fraction of sp³-hybridized carbons (Fsp3) is 0. The van der Waals surface area contributed by atoms with Gasteiger partial charge in [0.15, 0.2) is 0 Å². The Balaban J connectivity index is 1.93. The molecule has 0 fully saturated rings. The third-order valence-electron chi connectivity index (χ3n) is 2.95. The van der Waals surface area contributed by atoms with Crippen LogP contribution in [0.15, 0.2) is 47.2 Å². The van der Waals surface area contributed by atoms with Gasteiger partial charge in [-0.2, -0.15) is 0 Å². The molecule has 0 atom stereocenters. The number of halogens is 1. The molecule has 4 N–H and O–H groups in total. The molecule has 0 unspecified atom stereocenters. The van der Waals surface area contributed by atoms with Crippen molar-refractivity contribution in [1.29, 1.82) is 0 Å². The van der Waals surface area contributed by atoms with Crippen LogP contribution in [0.4, 0.5) is 11.4 Å². The maximum atomic E-state index is 12.2. The van der Waals surface area contributed by atoms with E-state index < -0.39 is 0 Å². The van der Waals surface area contributed by atoms with Crippen LogP contribution in [0.3, 0.4) is 0 Å². The fourth-order valence-electron chi connectivity index (χ4n) is 1.97. The lowest BCUT2D eigenvalue weighted by molar-refractivity contribution is 0.102. The van der Waals surface area contributed by atoms with Crippen LogP contribution >= 0.6 is 15.9 Å². The highest BCUT2D eigenvalue weighted by atomic mass is 79.9. The Labute approximate surface area is 123 Å². The Morgan fingerprint density at radius 1 is 1.35 bits per heavy atom. The maximum Gasteiger partial charge on any atom is 0.272 e. The lowest BCUT2D eigenvalue weighted by Gasteiger charge is -2.05. The molecule has 0 spiro atoms. The van der Waals surface area contributed by atoms with E-state index in [4.69, 9.17) is 5.73 Å². The zero-order valence-electron chi connectivity index (χ0n) is 10.4. The Kier molecular flexibility index (Phi) is 3.15. The zero-order chi connectivity index (χ0) is 14.1. The van der Waals surface area contributed by atoms with Crippen LogP contribution in [0.25, 0.3) is 10.9 Å². The molecule has 0 radical (unpaired) electrons. The Bertz CT molecular complexity index is 797. The molecule has 6 heteroatoms. The SMILES string of the molecule is Nc1cccc2cc(C(=O)Nc3ccncc3Br)[nH]c12. The van der Waals surface area contributed by atoms with Crippen molar-refractivity contribution >= 4 is 44.1 Å². The first-order chi connectivity index (χ1) is 9.65. The highest BCUT2D eigenvalue weighted by molar-refractivity contribution is 9.10. The minimum atomic E-state index is -0.229. The number of benzene rings is 1. The summed E-state index contributed by atoms with van der Waals surface area (Å²) in [4.78, 5) is 19.2. The van der Waals surface area contributed by atoms with Gasteiger partial charge in [-0.3, -0.25) is 9.78 Å². The van der Waals surface area contributed by atoms with Crippen LogP contribution in [0.1, 0.15) is 10.5 Å². The molecule has 2 heterocycles. The van der Waals surface area contributed by atoms with E-state index in [1.165, 1.54) is 0 Å². The number of nitrogen functional groups attached to an aromatic ring is 1. The molecule has 0 aliphatic heterocycles. The third kappa shape index (κ3) is 2.25. The zero-order valence-corrected chi connectivity index (χ0v) is 11.9. The Morgan fingerprint density at radius 3 is 2.95 bits per heavy atom. The first-order valence-corrected chi connectivity index (χ1v) is 6.72. The number of pyridine rings is 1. The average Bonchev–Trinajstić information content (AvgIpc) is 2.87. The molecular weight excluding hydrogens is 320 g/mol. The van der Waals surface area contributed by atoms with Gasteiger partial charge in [-0.05, 0) is 34.1 Å². The third-order valence-corrected chi connectivity index (χ3v) is 3.59. The summed E-state index contributed by atoms with van der Waals surface area (Å²) in [5.74, 6) is -0.229. The van der Waals surface area contributed by atoms with Crippen LogP contribution in [0.5, 0.6) is 0 Å². The molecule has 3 aromatic rings. The van der Waals surface area contributed by atoms with E-state index in [-0.39, 0.29) is 5.91 Å². The number of para-hydroxylation sites is 1. The van der Waals surface area contributed by atoms with Gasteiger partial charge < -0.3 is 16.0 Å². The molecular formula is C14H11BrN4O. The van der Waals surface area contributed by atoms with Crippen LogP contribution < -0.4 is 11.1 Å². The van der Waals surface area contributed by atoms with Gasteiger partial charge in [-0.25, -0.2) is 0 Å². The number of carbonyl (C=O) groups excluding carboxylic acids is 1. The summed E-state index contributed by atoms with van der Waals surface area (Å²) >= 11 is 3.34. The maximum absolute atomic E-state index is 12.2. The predicted molar refractivity (Wildman–Crippen MR) is 82.6 cm³/mol. The van der Waals surface area contributed by atoms with Crippen molar-refractivity contribution in [2.24, 2.45) is 0 Å². The van der Waals surface area contributed by atoms with E-state index in [1.807, 2.05) is 12.1 Å². The fourth-order valence-corrected chi connectivity index (χ4v) is 2.32. The summed E-state index contributed by atoms with van der Waals surface area (Å²) in [5, 5.41) is 3.72. The number of nitrogens with one attached hydrogen (secondary N) is 2. The Hall–Kier alpha value is -2.34. The number of aromatic nitrogens is 2. The molecule has 1 amide bonds. The lowest BCUT2D eigenvalue weighted by Crippen LogP contribution is -2.12. The van der Waals surface area contributed by atoms with Gasteiger partial charge in [0.2, 0.25) is 0 Å². The number of anilines is 2. The van der Waals surface area contributed by atoms with Crippen LogP contribution in [0.2, 0.25) is 0 Å². The number of amides is 1. The largest absolute Gasteiger partial charge is 0.397 e. The minimum Gasteiger partial charge on any atom is -0.397 e. The Morgan fingerprint density at radius 2 is 2.20 bits per heavy atom. The smallest absolute Gasteiger partial charge is 0.272 e. The minimum absolute atomic E-state index is 0.229. The number of nitrogens with two attached hydrogens (primary N) is 1. The van der Waals surface area contributed by atoms with Crippen LogP contribution in [0, 0.1) is 0 Å². The van der Waals surface area contributed by atoms with Crippen molar-refractivity contribution in [3.8, 4) is 0 Å². The van der Waals surface area contributed by atoms with E-state index >= 15 is 0 Å². The van der Waals surface area contributed by atoms with Crippen molar-refractivity contribution in [1.82, 2.24) is 9.97 Å². The van der Waals surface area contributed by atoms with Crippen molar-refractivity contribution < 1.29 is 4.79 Å². The number of hydrogen-bond donors (Lipinski definition) is 3. The first kappa shape index (κ1) is 12.7. The molecule has 0 bridgehead atoms. The predicted octanol–water partition coefficient (Wildman–Crippen LogP) is 3.16. The van der Waals surface area contributed by atoms with Crippen molar-refractivity contribution in [2.75, 3.05) is 11.1 Å². The number of hydrogen-bond acceptors (Lipinski definition) is 3. The monoisotopic (exact) mass is 330 g/mol. The molecule has 0 saturated heterocycles. The summed E-state index contributed by atoms with van der Waals surface area (Å²) < 4.78 is 0.726. The second-order valence-electron chi connectivity index (χ2n) is 4.30. The van der Waals surface area contributed by atoms with E-state index in [0.29, 0.717) is 17.1 Å². The molecule has 3 rings (SSSR count). The summed E-state index contributed by atoms with van der Waals surface area (Å²) in [6, 6.07) is 9.04. The van der Waals surface area contributed by atoms with Crippen LogP contribution in [-0.4, -0.2) is 15.9 Å². The van der Waals surface area contributed by atoms with Gasteiger partial charge >= 0.3 is 0 Å². The van der Waals surface area contributed by atoms with E-state index in [0.717, 1.165) is 15.4 Å². The van der Waals surface area contributed by atoms with Gasteiger partial charge in [0.05, 0.1) is 21.4 Å². The van der Waals surface area contributed by atoms with Crippen molar-refractivity contribution in [3.63, 3.8) is 0 Å². The first-order valence-electron chi connectivity index (χ1n) is 5.93. The van der Waals surface area contributed by atoms with Gasteiger partial charge in [0.25, 0.3) is 5.91 Å². The number of nitrogens with zero attached hydrogens (tertiary/aromatic N) is 1. The van der Waals surface area contributed by atoms with E-state index in [2.05, 4.69) is 31.2 Å². The molecule has 5 nitrogen and oxygen atoms in total. The van der Waals surface area contributed by atoms with Crippen molar-refractivity contribution in [2.45, 2.75) is 0 Å². The summed E-state index contributed by atoms with van der Waals surface area (Å²) in [5.41, 5.74) is 8.38. The molecule has 0 aliphatic carbocycles. The van der Waals surface area contributed by atoms with Gasteiger partial charge in [0.1, 0.15) is 5.69 Å². The molecule has 100 valence electrons. The average molecular weight is 331 g/mol. The van der Waals surface area contributed by atoms with Gasteiger partial charge in [-0.1, -0.05) is 12.1 Å². The number of aromatic amines is 1. The highest BCUT2D eigenvalue weighted by Gasteiger charge is 2.12. The van der Waals surface area contributed by atoms with E-state index in [1.54, 1.807) is 30.6 Å². The molecule has 20 heavy (non-hydrogen) atoms. The summed E-state index contributed by atoms with van der Waals surface area (Å²) in [6.07, 6.45) is 3.24. The standard InChI is InChI=1S/C14H11BrN4O/c15-9-7-17-5-4-11(9)19-14(20)12-6-8-2-1-3-10(16)13(8)18-12/h1-7,18H,16H2,(H,17,19,20). The molecule has 0 saturated carbocycles. The molecule has 1 aromatic carbocycles. The highest BCUT2D eigenvalue weighted by Crippen LogP contribution is 2.23. The number of H-pyrrole nitrogens is 1. The second kappa shape index (κ2) is 4.97. The number of fused-ring (bicyclic) bond motifs is 1. The summed E-state index contributed by atoms with van der Waals surface area (Å²) in [6.45, 7) is 0. The lowest BCUT2D eigenvalue weighted by atomic mass is 10.2. The summed E-state index contributed by atoms with van der Waals surface area (Å²) in [7, 11) is 0. The molecule has 0 aliphatic rings. The quantitative estimate of drug-likeness (QED) is 0.631.